The second-order valence-electron chi connectivity index (χ2n) is 5.18. The van der Waals surface area contributed by atoms with Crippen molar-refractivity contribution in [1.29, 1.82) is 5.26 Å². The van der Waals surface area contributed by atoms with Gasteiger partial charge in [0.05, 0.1) is 16.9 Å². The first kappa shape index (κ1) is 16.1. The number of aryl methyl sites for hydroxylation is 2. The first-order valence-electron chi connectivity index (χ1n) is 7.04. The quantitative estimate of drug-likeness (QED) is 0.857. The number of hydrogen-bond acceptors (Lipinski definition) is 3. The lowest BCUT2D eigenvalue weighted by Crippen LogP contribution is -2.22. The topological polar surface area (TPSA) is 52.9 Å². The van der Waals surface area contributed by atoms with Crippen molar-refractivity contribution in [1.82, 2.24) is 0 Å². The second-order valence-corrected chi connectivity index (χ2v) is 6.60. The van der Waals surface area contributed by atoms with Crippen LogP contribution in [0.5, 0.6) is 0 Å². The van der Waals surface area contributed by atoms with E-state index in [9.17, 15) is 4.79 Å². The Morgan fingerprint density at radius 2 is 1.82 bits per heavy atom. The smallest absolute Gasteiger partial charge is 0.237 e. The van der Waals surface area contributed by atoms with Crippen LogP contribution < -0.4 is 5.32 Å². The largest absolute Gasteiger partial charge is 0.325 e. The molecule has 0 aliphatic carbocycles. The number of carbonyl (C=O) groups excluding carboxylic acids is 1. The molecule has 0 spiro atoms. The summed E-state index contributed by atoms with van der Waals surface area (Å²) in [6.07, 6.45) is 0. The Morgan fingerprint density at radius 3 is 2.41 bits per heavy atom. The third-order valence-corrected chi connectivity index (χ3v) is 4.54. The predicted octanol–water partition coefficient (Wildman–Crippen LogP) is 4.29. The van der Waals surface area contributed by atoms with Gasteiger partial charge in [0.1, 0.15) is 0 Å². The maximum absolute atomic E-state index is 12.2. The van der Waals surface area contributed by atoms with E-state index in [1.165, 1.54) is 22.9 Å². The Labute approximate surface area is 135 Å². The summed E-state index contributed by atoms with van der Waals surface area (Å²) in [7, 11) is 0. The molecule has 1 atom stereocenters. The molecule has 2 aromatic rings. The van der Waals surface area contributed by atoms with Gasteiger partial charge in [-0.1, -0.05) is 6.07 Å². The first-order chi connectivity index (χ1) is 10.5. The van der Waals surface area contributed by atoms with E-state index in [1.807, 2.05) is 13.0 Å². The van der Waals surface area contributed by atoms with E-state index in [0.29, 0.717) is 11.3 Å². The number of hydrogen-bond donors (Lipinski definition) is 1. The normalized spacial score (nSPS) is 11.5. The van der Waals surface area contributed by atoms with Crippen molar-refractivity contribution in [3.8, 4) is 6.07 Å². The highest BCUT2D eigenvalue weighted by molar-refractivity contribution is 8.00. The van der Waals surface area contributed by atoms with Crippen LogP contribution >= 0.6 is 11.8 Å². The van der Waals surface area contributed by atoms with Crippen LogP contribution in [0.25, 0.3) is 0 Å². The van der Waals surface area contributed by atoms with Gasteiger partial charge in [-0.25, -0.2) is 0 Å². The van der Waals surface area contributed by atoms with Gasteiger partial charge in [-0.15, -0.1) is 11.8 Å². The van der Waals surface area contributed by atoms with Crippen molar-refractivity contribution in [2.75, 3.05) is 5.32 Å². The Kier molecular flexibility index (Phi) is 5.24. The maximum atomic E-state index is 12.2. The lowest BCUT2D eigenvalue weighted by atomic mass is 10.1. The van der Waals surface area contributed by atoms with Crippen molar-refractivity contribution < 1.29 is 4.79 Å². The zero-order valence-electron chi connectivity index (χ0n) is 12.9. The molecule has 0 unspecified atom stereocenters. The Balaban J connectivity index is 1.99. The van der Waals surface area contributed by atoms with E-state index in [4.69, 9.17) is 5.26 Å². The molecule has 4 heteroatoms. The fraction of sp³-hybridized carbons (Fsp3) is 0.222. The minimum absolute atomic E-state index is 0.0482. The van der Waals surface area contributed by atoms with Gasteiger partial charge in [-0.05, 0) is 68.3 Å². The number of nitriles is 1. The van der Waals surface area contributed by atoms with Crippen LogP contribution in [0.1, 0.15) is 23.6 Å². The van der Waals surface area contributed by atoms with Gasteiger partial charge in [-0.3, -0.25) is 4.79 Å². The zero-order valence-corrected chi connectivity index (χ0v) is 13.7. The molecule has 0 fully saturated rings. The van der Waals surface area contributed by atoms with Crippen LogP contribution in [0.15, 0.2) is 47.4 Å². The van der Waals surface area contributed by atoms with E-state index < -0.39 is 0 Å². The van der Waals surface area contributed by atoms with Gasteiger partial charge in [0.15, 0.2) is 0 Å². The van der Waals surface area contributed by atoms with Crippen LogP contribution in [0.2, 0.25) is 0 Å². The number of nitrogens with one attached hydrogen (secondary N) is 1. The number of amides is 1. The number of benzene rings is 2. The molecule has 2 aromatic carbocycles. The summed E-state index contributed by atoms with van der Waals surface area (Å²) in [6.45, 7) is 6.03. The van der Waals surface area contributed by atoms with Gasteiger partial charge in [0.2, 0.25) is 5.91 Å². The molecule has 1 amide bonds. The van der Waals surface area contributed by atoms with Gasteiger partial charge in [-0.2, -0.15) is 5.26 Å². The van der Waals surface area contributed by atoms with Crippen molar-refractivity contribution in [2.45, 2.75) is 30.9 Å². The fourth-order valence-electron chi connectivity index (χ4n) is 1.92. The molecule has 112 valence electrons. The highest BCUT2D eigenvalue weighted by Crippen LogP contribution is 2.26. The Bertz CT molecular complexity index is 717. The van der Waals surface area contributed by atoms with Crippen molar-refractivity contribution in [3.05, 3.63) is 59.2 Å². The third kappa shape index (κ3) is 4.12. The first-order valence-corrected chi connectivity index (χ1v) is 7.92. The lowest BCUT2D eigenvalue weighted by Gasteiger charge is -2.13. The highest BCUT2D eigenvalue weighted by Gasteiger charge is 2.14. The minimum atomic E-state index is -0.197. The average molecular weight is 310 g/mol. The molecule has 2 rings (SSSR count). The Hall–Kier alpha value is -2.25. The molecule has 1 N–H and O–H groups in total. The lowest BCUT2D eigenvalue weighted by molar-refractivity contribution is -0.115. The third-order valence-electron chi connectivity index (χ3n) is 3.44. The molecule has 0 saturated heterocycles. The van der Waals surface area contributed by atoms with Crippen LogP contribution in [0.3, 0.4) is 0 Å². The van der Waals surface area contributed by atoms with Crippen LogP contribution in [0.4, 0.5) is 5.69 Å². The molecule has 0 aliphatic rings. The van der Waals surface area contributed by atoms with Gasteiger partial charge in [0.25, 0.3) is 0 Å². The van der Waals surface area contributed by atoms with E-state index in [2.05, 4.69) is 37.4 Å². The summed E-state index contributed by atoms with van der Waals surface area (Å²) in [5.74, 6) is -0.0482. The number of thioether (sulfide) groups is 1. The standard InChI is InChI=1S/C18H18N2OS/c1-12-4-9-17(10-13(12)2)22-14(3)18(21)20-16-7-5-15(11-19)6-8-16/h4-10,14H,1-3H3,(H,20,21)/t14-/m0/s1. The maximum Gasteiger partial charge on any atom is 0.237 e. The monoisotopic (exact) mass is 310 g/mol. The molecular formula is C18H18N2OS. The van der Waals surface area contributed by atoms with Gasteiger partial charge in [0, 0.05) is 10.6 Å². The van der Waals surface area contributed by atoms with Gasteiger partial charge >= 0.3 is 0 Å². The second kappa shape index (κ2) is 7.15. The summed E-state index contributed by atoms with van der Waals surface area (Å²) in [5, 5.41) is 11.4. The summed E-state index contributed by atoms with van der Waals surface area (Å²) in [6, 6.07) is 15.1. The van der Waals surface area contributed by atoms with E-state index >= 15 is 0 Å². The molecule has 0 aliphatic heterocycles. The molecule has 0 radical (unpaired) electrons. The number of rotatable bonds is 4. The SMILES string of the molecule is Cc1ccc(S[C@@H](C)C(=O)Nc2ccc(C#N)cc2)cc1C. The van der Waals surface area contributed by atoms with Crippen molar-refractivity contribution in [3.63, 3.8) is 0 Å². The van der Waals surface area contributed by atoms with Crippen LogP contribution in [-0.2, 0) is 4.79 Å². The molecule has 0 bridgehead atoms. The summed E-state index contributed by atoms with van der Waals surface area (Å²) >= 11 is 1.54. The minimum Gasteiger partial charge on any atom is -0.325 e. The van der Waals surface area contributed by atoms with Crippen molar-refractivity contribution in [2.24, 2.45) is 0 Å². The fourth-order valence-corrected chi connectivity index (χ4v) is 2.88. The summed E-state index contributed by atoms with van der Waals surface area (Å²) < 4.78 is 0. The molecule has 3 nitrogen and oxygen atoms in total. The number of nitrogens with zero attached hydrogens (tertiary/aromatic N) is 1. The van der Waals surface area contributed by atoms with E-state index in [-0.39, 0.29) is 11.2 Å². The zero-order chi connectivity index (χ0) is 16.1. The average Bonchev–Trinajstić information content (AvgIpc) is 2.51. The van der Waals surface area contributed by atoms with E-state index in [0.717, 1.165) is 4.90 Å². The van der Waals surface area contributed by atoms with Crippen LogP contribution in [0, 0.1) is 25.2 Å². The number of carbonyl (C=O) groups is 1. The molecule has 22 heavy (non-hydrogen) atoms. The molecule has 0 saturated carbocycles. The number of anilines is 1. The molecule has 0 heterocycles. The predicted molar refractivity (Wildman–Crippen MR) is 91.0 cm³/mol. The van der Waals surface area contributed by atoms with Crippen LogP contribution in [-0.4, -0.2) is 11.2 Å². The molecule has 0 aromatic heterocycles. The van der Waals surface area contributed by atoms with Gasteiger partial charge < -0.3 is 5.32 Å². The summed E-state index contributed by atoms with van der Waals surface area (Å²) in [4.78, 5) is 13.3. The summed E-state index contributed by atoms with van der Waals surface area (Å²) in [5.41, 5.74) is 3.76. The Morgan fingerprint density at radius 1 is 1.14 bits per heavy atom. The van der Waals surface area contributed by atoms with Crippen molar-refractivity contribution >= 4 is 23.4 Å². The van der Waals surface area contributed by atoms with E-state index in [1.54, 1.807) is 24.3 Å². The highest BCUT2D eigenvalue weighted by atomic mass is 32.2. The molecular weight excluding hydrogens is 292 g/mol.